The molecule has 1 aromatic heterocycles. The van der Waals surface area contributed by atoms with Gasteiger partial charge in [-0.15, -0.1) is 11.3 Å². The van der Waals surface area contributed by atoms with Crippen LogP contribution in [0.4, 0.5) is 15.8 Å². The number of hydrogen-bond donors (Lipinski definition) is 2. The lowest BCUT2D eigenvalue weighted by Gasteiger charge is -2.07. The second kappa shape index (κ2) is 7.51. The molecule has 0 saturated heterocycles. The predicted molar refractivity (Wildman–Crippen MR) is 101 cm³/mol. The quantitative estimate of drug-likeness (QED) is 0.592. The molecule has 6 heteroatoms. The highest BCUT2D eigenvalue weighted by Gasteiger charge is 2.12. The number of thiophene rings is 1. The molecule has 2 N–H and O–H groups in total. The molecule has 0 bridgehead atoms. The van der Waals surface area contributed by atoms with Crippen LogP contribution in [-0.2, 0) is 0 Å². The summed E-state index contributed by atoms with van der Waals surface area (Å²) < 4.78 is 17.0. The SMILES string of the molecule is CSNc1cccc(NC(=O)c2cc(-c3ccccc3F)cs2)c1. The number of rotatable bonds is 5. The molecular weight excluding hydrogens is 343 g/mol. The van der Waals surface area contributed by atoms with Gasteiger partial charge >= 0.3 is 0 Å². The van der Waals surface area contributed by atoms with E-state index >= 15 is 0 Å². The zero-order valence-corrected chi connectivity index (χ0v) is 14.5. The molecule has 2 aromatic carbocycles. The molecule has 24 heavy (non-hydrogen) atoms. The molecule has 0 aliphatic heterocycles. The summed E-state index contributed by atoms with van der Waals surface area (Å²) in [4.78, 5) is 12.9. The lowest BCUT2D eigenvalue weighted by molar-refractivity contribution is 0.103. The molecule has 0 fully saturated rings. The van der Waals surface area contributed by atoms with Crippen LogP contribution in [0.5, 0.6) is 0 Å². The molecule has 0 saturated carbocycles. The van der Waals surface area contributed by atoms with Crippen molar-refractivity contribution in [3.8, 4) is 11.1 Å². The maximum Gasteiger partial charge on any atom is 0.265 e. The van der Waals surface area contributed by atoms with Gasteiger partial charge in [0.15, 0.2) is 0 Å². The van der Waals surface area contributed by atoms with E-state index in [4.69, 9.17) is 0 Å². The summed E-state index contributed by atoms with van der Waals surface area (Å²) in [5.41, 5.74) is 2.83. The Morgan fingerprint density at radius 3 is 2.67 bits per heavy atom. The first-order chi connectivity index (χ1) is 11.7. The molecule has 122 valence electrons. The number of halogens is 1. The Morgan fingerprint density at radius 1 is 1.08 bits per heavy atom. The van der Waals surface area contributed by atoms with Gasteiger partial charge in [0.1, 0.15) is 5.82 Å². The van der Waals surface area contributed by atoms with Crippen molar-refractivity contribution < 1.29 is 9.18 Å². The predicted octanol–water partition coefficient (Wildman–Crippen LogP) is 5.50. The average molecular weight is 358 g/mol. The van der Waals surface area contributed by atoms with Gasteiger partial charge < -0.3 is 10.0 Å². The molecule has 3 nitrogen and oxygen atoms in total. The Bertz CT molecular complexity index is 863. The fourth-order valence-electron chi connectivity index (χ4n) is 2.26. The van der Waals surface area contributed by atoms with Crippen LogP contribution in [0, 0.1) is 5.82 Å². The number of carbonyl (C=O) groups excluding carboxylic acids is 1. The number of benzene rings is 2. The summed E-state index contributed by atoms with van der Waals surface area (Å²) in [6.07, 6.45) is 1.93. The van der Waals surface area contributed by atoms with Crippen LogP contribution in [0.1, 0.15) is 9.67 Å². The minimum Gasteiger partial charge on any atom is -0.330 e. The van der Waals surface area contributed by atoms with E-state index in [1.807, 2.05) is 30.5 Å². The van der Waals surface area contributed by atoms with E-state index in [-0.39, 0.29) is 11.7 Å². The van der Waals surface area contributed by atoms with Crippen LogP contribution in [0.15, 0.2) is 60.0 Å². The van der Waals surface area contributed by atoms with Crippen LogP contribution < -0.4 is 10.0 Å². The molecule has 1 amide bonds. The maximum absolute atomic E-state index is 13.8. The second-order valence-electron chi connectivity index (χ2n) is 5.02. The van der Waals surface area contributed by atoms with Crippen molar-refractivity contribution in [2.45, 2.75) is 0 Å². The monoisotopic (exact) mass is 358 g/mol. The fourth-order valence-corrected chi connectivity index (χ4v) is 3.43. The topological polar surface area (TPSA) is 41.1 Å². The highest BCUT2D eigenvalue weighted by molar-refractivity contribution is 7.99. The van der Waals surface area contributed by atoms with E-state index in [0.717, 1.165) is 5.69 Å². The Labute approximate surface area is 148 Å². The molecule has 0 radical (unpaired) electrons. The van der Waals surface area contributed by atoms with Crippen LogP contribution in [-0.4, -0.2) is 12.2 Å². The van der Waals surface area contributed by atoms with Crippen LogP contribution in [0.25, 0.3) is 11.1 Å². The van der Waals surface area contributed by atoms with Crippen molar-refractivity contribution in [1.82, 2.24) is 0 Å². The third-order valence-electron chi connectivity index (χ3n) is 3.35. The highest BCUT2D eigenvalue weighted by Crippen LogP contribution is 2.28. The molecule has 0 aliphatic rings. The zero-order valence-electron chi connectivity index (χ0n) is 12.9. The smallest absolute Gasteiger partial charge is 0.265 e. The van der Waals surface area contributed by atoms with Gasteiger partial charge in [-0.2, -0.15) is 0 Å². The average Bonchev–Trinajstić information content (AvgIpc) is 3.06. The molecule has 0 unspecified atom stereocenters. The lowest BCUT2D eigenvalue weighted by atomic mass is 10.1. The molecule has 3 aromatic rings. The summed E-state index contributed by atoms with van der Waals surface area (Å²) in [7, 11) is 0. The Hall–Kier alpha value is -2.31. The maximum atomic E-state index is 13.8. The highest BCUT2D eigenvalue weighted by atomic mass is 32.2. The third-order valence-corrected chi connectivity index (χ3v) is 4.72. The van der Waals surface area contributed by atoms with E-state index in [0.29, 0.717) is 21.7 Å². The van der Waals surface area contributed by atoms with Crippen molar-refractivity contribution in [1.29, 1.82) is 0 Å². The Balaban J connectivity index is 1.77. The largest absolute Gasteiger partial charge is 0.330 e. The summed E-state index contributed by atoms with van der Waals surface area (Å²) in [5.74, 6) is -0.498. The lowest BCUT2D eigenvalue weighted by Crippen LogP contribution is -2.10. The van der Waals surface area contributed by atoms with E-state index in [1.54, 1.807) is 29.6 Å². The Morgan fingerprint density at radius 2 is 1.88 bits per heavy atom. The van der Waals surface area contributed by atoms with Gasteiger partial charge in [0.2, 0.25) is 0 Å². The molecule has 0 atom stereocenters. The second-order valence-corrected chi connectivity index (χ2v) is 6.54. The van der Waals surface area contributed by atoms with Crippen molar-refractivity contribution in [2.24, 2.45) is 0 Å². The van der Waals surface area contributed by atoms with E-state index < -0.39 is 0 Å². The minimum absolute atomic E-state index is 0.205. The van der Waals surface area contributed by atoms with Crippen molar-refractivity contribution in [3.63, 3.8) is 0 Å². The number of amides is 1. The van der Waals surface area contributed by atoms with Crippen LogP contribution in [0.3, 0.4) is 0 Å². The Kier molecular flexibility index (Phi) is 5.17. The van der Waals surface area contributed by atoms with Gasteiger partial charge in [0.25, 0.3) is 5.91 Å². The van der Waals surface area contributed by atoms with Crippen LogP contribution >= 0.6 is 23.3 Å². The number of anilines is 2. The van der Waals surface area contributed by atoms with Gasteiger partial charge in [-0.05, 0) is 41.3 Å². The van der Waals surface area contributed by atoms with Gasteiger partial charge in [-0.1, -0.05) is 36.2 Å². The number of hydrogen-bond acceptors (Lipinski definition) is 4. The van der Waals surface area contributed by atoms with Gasteiger partial charge in [0, 0.05) is 23.2 Å². The van der Waals surface area contributed by atoms with E-state index in [9.17, 15) is 9.18 Å². The molecule has 1 heterocycles. The zero-order chi connectivity index (χ0) is 16.9. The van der Waals surface area contributed by atoms with Crippen molar-refractivity contribution in [3.05, 3.63) is 70.7 Å². The summed E-state index contributed by atoms with van der Waals surface area (Å²) >= 11 is 2.78. The molecular formula is C18H15FN2OS2. The van der Waals surface area contributed by atoms with Crippen LogP contribution in [0.2, 0.25) is 0 Å². The first-order valence-electron chi connectivity index (χ1n) is 7.21. The van der Waals surface area contributed by atoms with Crippen molar-refractivity contribution in [2.75, 3.05) is 16.3 Å². The normalized spacial score (nSPS) is 10.4. The van der Waals surface area contributed by atoms with Gasteiger partial charge in [-0.3, -0.25) is 4.79 Å². The minimum atomic E-state index is -0.293. The molecule has 0 spiro atoms. The van der Waals surface area contributed by atoms with Crippen molar-refractivity contribution >= 4 is 40.6 Å². The number of nitrogens with one attached hydrogen (secondary N) is 2. The molecule has 3 rings (SSSR count). The molecule has 0 aliphatic carbocycles. The summed E-state index contributed by atoms with van der Waals surface area (Å²) in [5, 5.41) is 4.66. The number of carbonyl (C=O) groups is 1. The third kappa shape index (κ3) is 3.77. The summed E-state index contributed by atoms with van der Waals surface area (Å²) in [6.45, 7) is 0. The van der Waals surface area contributed by atoms with Gasteiger partial charge in [-0.25, -0.2) is 4.39 Å². The fraction of sp³-hybridized carbons (Fsp3) is 0.0556. The first-order valence-corrected chi connectivity index (χ1v) is 9.31. The first kappa shape index (κ1) is 16.5. The van der Waals surface area contributed by atoms with E-state index in [2.05, 4.69) is 10.0 Å². The van der Waals surface area contributed by atoms with Gasteiger partial charge in [0.05, 0.1) is 4.88 Å². The van der Waals surface area contributed by atoms with E-state index in [1.165, 1.54) is 29.4 Å². The summed E-state index contributed by atoms with van der Waals surface area (Å²) in [6, 6.07) is 15.7. The standard InChI is InChI=1S/C18H15FN2OS2/c1-23-21-14-6-4-5-13(10-14)20-18(22)17-9-12(11-24-17)15-7-2-3-8-16(15)19/h2-11,21H,1H3,(H,20,22).